The van der Waals surface area contributed by atoms with Crippen molar-refractivity contribution in [3.8, 4) is 0 Å². The Bertz CT molecular complexity index is 514. The van der Waals surface area contributed by atoms with Crippen LogP contribution in [-0.4, -0.2) is 55.0 Å². The molecule has 2 aliphatic rings. The minimum Gasteiger partial charge on any atom is -0.340 e. The van der Waals surface area contributed by atoms with Crippen LogP contribution in [0.1, 0.15) is 42.9 Å². The van der Waals surface area contributed by atoms with Crippen LogP contribution in [0.25, 0.3) is 0 Å². The molecule has 0 bridgehead atoms. The largest absolute Gasteiger partial charge is 0.340 e. The summed E-state index contributed by atoms with van der Waals surface area (Å²) in [6.45, 7) is 7.73. The monoisotopic (exact) mass is 351 g/mol. The zero-order valence-electron chi connectivity index (χ0n) is 14.7. The number of benzene rings is 1. The fraction of sp³-hybridized carbons (Fsp3) is 0.632. The second-order valence-electron chi connectivity index (χ2n) is 6.84. The summed E-state index contributed by atoms with van der Waals surface area (Å²) in [4.78, 5) is 16.9. The molecule has 1 unspecified atom stereocenters. The van der Waals surface area contributed by atoms with Gasteiger partial charge in [0.25, 0.3) is 0 Å². The number of nitrogens with one attached hydrogen (secondary N) is 1. The Labute approximate surface area is 152 Å². The molecule has 0 radical (unpaired) electrons. The molecule has 1 aromatic rings. The van der Waals surface area contributed by atoms with E-state index in [1.165, 1.54) is 30.4 Å². The topological polar surface area (TPSA) is 35.6 Å². The molecular formula is C19H30ClN3O. The van der Waals surface area contributed by atoms with Gasteiger partial charge in [0, 0.05) is 45.2 Å². The molecule has 0 aliphatic carbocycles. The third kappa shape index (κ3) is 4.95. The number of piperazine rings is 1. The zero-order chi connectivity index (χ0) is 16.1. The average molecular weight is 352 g/mol. The molecule has 3 rings (SSSR count). The SMILES string of the molecule is Cc1ccc(C2CCCCN2CCC(=O)N2CCNCC2)cc1.Cl. The molecule has 0 aromatic heterocycles. The van der Waals surface area contributed by atoms with Gasteiger partial charge in [-0.2, -0.15) is 0 Å². The number of likely N-dealkylation sites (tertiary alicyclic amines) is 1. The highest BCUT2D eigenvalue weighted by Gasteiger charge is 2.25. The molecule has 1 N–H and O–H groups in total. The van der Waals surface area contributed by atoms with Gasteiger partial charge in [-0.05, 0) is 31.9 Å². The van der Waals surface area contributed by atoms with Crippen LogP contribution in [0, 0.1) is 6.92 Å². The number of hydrogen-bond donors (Lipinski definition) is 1. The molecule has 134 valence electrons. The molecule has 2 saturated heterocycles. The van der Waals surface area contributed by atoms with Crippen LogP contribution in [0.15, 0.2) is 24.3 Å². The van der Waals surface area contributed by atoms with E-state index < -0.39 is 0 Å². The van der Waals surface area contributed by atoms with Gasteiger partial charge in [-0.1, -0.05) is 36.2 Å². The lowest BCUT2D eigenvalue weighted by atomic mass is 9.94. The van der Waals surface area contributed by atoms with Crippen LogP contribution in [0.2, 0.25) is 0 Å². The van der Waals surface area contributed by atoms with Crippen molar-refractivity contribution in [3.05, 3.63) is 35.4 Å². The Hall–Kier alpha value is -1.10. The van der Waals surface area contributed by atoms with Crippen LogP contribution in [0.3, 0.4) is 0 Å². The fourth-order valence-electron chi connectivity index (χ4n) is 3.74. The summed E-state index contributed by atoms with van der Waals surface area (Å²) in [6, 6.07) is 9.41. The smallest absolute Gasteiger partial charge is 0.223 e. The number of rotatable bonds is 4. The van der Waals surface area contributed by atoms with Crippen molar-refractivity contribution < 1.29 is 4.79 Å². The number of carbonyl (C=O) groups excluding carboxylic acids is 1. The molecule has 1 atom stereocenters. The third-order valence-corrected chi connectivity index (χ3v) is 5.16. The first-order valence-electron chi connectivity index (χ1n) is 9.03. The predicted octanol–water partition coefficient (Wildman–Crippen LogP) is 2.77. The van der Waals surface area contributed by atoms with E-state index in [2.05, 4.69) is 41.4 Å². The minimum atomic E-state index is 0. The summed E-state index contributed by atoms with van der Waals surface area (Å²) in [5, 5.41) is 3.30. The van der Waals surface area contributed by atoms with Gasteiger partial charge in [-0.25, -0.2) is 0 Å². The maximum Gasteiger partial charge on any atom is 0.223 e. The quantitative estimate of drug-likeness (QED) is 0.906. The maximum atomic E-state index is 12.4. The van der Waals surface area contributed by atoms with E-state index in [9.17, 15) is 4.79 Å². The summed E-state index contributed by atoms with van der Waals surface area (Å²) in [5.41, 5.74) is 2.72. The number of halogens is 1. The lowest BCUT2D eigenvalue weighted by molar-refractivity contribution is -0.132. The number of aryl methyl sites for hydroxylation is 1. The van der Waals surface area contributed by atoms with Gasteiger partial charge >= 0.3 is 0 Å². The number of amides is 1. The second kappa shape index (κ2) is 9.40. The van der Waals surface area contributed by atoms with E-state index in [1.54, 1.807) is 0 Å². The Kier molecular flexibility index (Phi) is 7.53. The van der Waals surface area contributed by atoms with E-state index >= 15 is 0 Å². The third-order valence-electron chi connectivity index (χ3n) is 5.16. The standard InChI is InChI=1S/C19H29N3O.ClH/c1-16-5-7-17(8-6-16)18-4-2-3-12-21(18)13-9-19(23)22-14-10-20-11-15-22;/h5-8,18,20H,2-4,9-15H2,1H3;1H. The van der Waals surface area contributed by atoms with Crippen molar-refractivity contribution in [3.63, 3.8) is 0 Å². The first kappa shape index (κ1) is 19.2. The van der Waals surface area contributed by atoms with Crippen molar-refractivity contribution >= 4 is 18.3 Å². The van der Waals surface area contributed by atoms with Crippen LogP contribution >= 0.6 is 12.4 Å². The first-order valence-corrected chi connectivity index (χ1v) is 9.03. The lowest BCUT2D eigenvalue weighted by Gasteiger charge is -2.36. The van der Waals surface area contributed by atoms with E-state index in [-0.39, 0.29) is 12.4 Å². The molecule has 0 spiro atoms. The highest BCUT2D eigenvalue weighted by Crippen LogP contribution is 2.31. The summed E-state index contributed by atoms with van der Waals surface area (Å²) < 4.78 is 0. The van der Waals surface area contributed by atoms with Crippen molar-refractivity contribution in [2.45, 2.75) is 38.6 Å². The van der Waals surface area contributed by atoms with Gasteiger partial charge in [0.05, 0.1) is 0 Å². The molecule has 2 aliphatic heterocycles. The Morgan fingerprint density at radius 1 is 1.12 bits per heavy atom. The van der Waals surface area contributed by atoms with E-state index in [4.69, 9.17) is 0 Å². The zero-order valence-corrected chi connectivity index (χ0v) is 15.5. The van der Waals surface area contributed by atoms with E-state index in [1.807, 2.05) is 4.90 Å². The highest BCUT2D eigenvalue weighted by atomic mass is 35.5. The number of piperidine rings is 1. The molecule has 4 nitrogen and oxygen atoms in total. The summed E-state index contributed by atoms with van der Waals surface area (Å²) in [6.07, 6.45) is 4.41. The highest BCUT2D eigenvalue weighted by molar-refractivity contribution is 5.85. The number of carbonyl (C=O) groups is 1. The van der Waals surface area contributed by atoms with Gasteiger partial charge < -0.3 is 10.2 Å². The van der Waals surface area contributed by atoms with Crippen molar-refractivity contribution in [1.82, 2.24) is 15.1 Å². The summed E-state index contributed by atoms with van der Waals surface area (Å²) >= 11 is 0. The van der Waals surface area contributed by atoms with Crippen LogP contribution in [-0.2, 0) is 4.79 Å². The van der Waals surface area contributed by atoms with Crippen LogP contribution < -0.4 is 5.32 Å². The normalized spacial score (nSPS) is 22.0. The van der Waals surface area contributed by atoms with Gasteiger partial charge in [0.1, 0.15) is 0 Å². The van der Waals surface area contributed by atoms with Crippen molar-refractivity contribution in [2.24, 2.45) is 0 Å². The summed E-state index contributed by atoms with van der Waals surface area (Å²) in [5.74, 6) is 0.319. The molecular weight excluding hydrogens is 322 g/mol. The molecule has 2 fully saturated rings. The van der Waals surface area contributed by atoms with Gasteiger partial charge in [-0.15, -0.1) is 12.4 Å². The van der Waals surface area contributed by atoms with Gasteiger partial charge in [0.15, 0.2) is 0 Å². The molecule has 5 heteroatoms. The average Bonchev–Trinajstić information content (AvgIpc) is 2.61. The van der Waals surface area contributed by atoms with Crippen molar-refractivity contribution in [2.75, 3.05) is 39.3 Å². The van der Waals surface area contributed by atoms with Crippen LogP contribution in [0.4, 0.5) is 0 Å². The maximum absolute atomic E-state index is 12.4. The molecule has 0 saturated carbocycles. The van der Waals surface area contributed by atoms with Gasteiger partial charge in [0.2, 0.25) is 5.91 Å². The lowest BCUT2D eigenvalue weighted by Crippen LogP contribution is -2.47. The Morgan fingerprint density at radius 3 is 2.54 bits per heavy atom. The molecule has 2 heterocycles. The molecule has 24 heavy (non-hydrogen) atoms. The van der Waals surface area contributed by atoms with Gasteiger partial charge in [-0.3, -0.25) is 9.69 Å². The molecule has 1 amide bonds. The van der Waals surface area contributed by atoms with E-state index in [0.29, 0.717) is 18.4 Å². The predicted molar refractivity (Wildman–Crippen MR) is 101 cm³/mol. The molecule has 1 aromatic carbocycles. The minimum absolute atomic E-state index is 0. The fourth-order valence-corrected chi connectivity index (χ4v) is 3.74. The first-order chi connectivity index (χ1) is 11.2. The Morgan fingerprint density at radius 2 is 1.83 bits per heavy atom. The second-order valence-corrected chi connectivity index (χ2v) is 6.84. The van der Waals surface area contributed by atoms with E-state index in [0.717, 1.165) is 39.3 Å². The van der Waals surface area contributed by atoms with Crippen LogP contribution in [0.5, 0.6) is 0 Å². The number of hydrogen-bond acceptors (Lipinski definition) is 3. The van der Waals surface area contributed by atoms with Crippen molar-refractivity contribution in [1.29, 1.82) is 0 Å². The Balaban J connectivity index is 0.00000208. The summed E-state index contributed by atoms with van der Waals surface area (Å²) in [7, 11) is 0. The number of nitrogens with zero attached hydrogens (tertiary/aromatic N) is 2.